The third kappa shape index (κ3) is 6.77. The smallest absolute Gasteiger partial charge is 0.223 e. The van der Waals surface area contributed by atoms with Crippen molar-refractivity contribution in [3.63, 3.8) is 0 Å². The highest BCUT2D eigenvalue weighted by Gasteiger charge is 2.14. The zero-order chi connectivity index (χ0) is 13.1. The molecule has 2 nitrogen and oxygen atoms in total. The number of likely N-dealkylation sites (N-methyl/N-ethyl adjacent to an activating group) is 1. The van der Waals surface area contributed by atoms with E-state index in [4.69, 9.17) is 0 Å². The summed E-state index contributed by atoms with van der Waals surface area (Å²) >= 11 is 0. The second kappa shape index (κ2) is 9.88. The Bertz CT molecular complexity index is 289. The number of amides is 1. The molecule has 1 atom stereocenters. The fourth-order valence-electron chi connectivity index (χ4n) is 1.62. The Labute approximate surface area is 106 Å². The molecule has 0 heterocycles. The fourth-order valence-corrected chi connectivity index (χ4v) is 1.62. The number of hydrogen-bond acceptors (Lipinski definition) is 1. The summed E-state index contributed by atoms with van der Waals surface area (Å²) in [5.74, 6) is 0.240. The molecule has 2 heteroatoms. The van der Waals surface area contributed by atoms with Crippen molar-refractivity contribution >= 4 is 5.91 Å². The van der Waals surface area contributed by atoms with Crippen molar-refractivity contribution in [2.24, 2.45) is 0 Å². The number of carbonyl (C=O) groups is 1. The lowest BCUT2D eigenvalue weighted by molar-refractivity contribution is -0.132. The molecule has 96 valence electrons. The van der Waals surface area contributed by atoms with Crippen molar-refractivity contribution in [1.82, 2.24) is 4.90 Å². The molecule has 0 rings (SSSR count). The van der Waals surface area contributed by atoms with Gasteiger partial charge < -0.3 is 4.90 Å². The fraction of sp³-hybridized carbons (Fsp3) is 0.533. The molecule has 0 aliphatic heterocycles. The third-order valence-corrected chi connectivity index (χ3v) is 2.53. The van der Waals surface area contributed by atoms with Crippen molar-refractivity contribution in [1.29, 1.82) is 0 Å². The molecular formula is C15H25NO. The first-order chi connectivity index (χ1) is 8.17. The molecule has 0 aromatic carbocycles. The highest BCUT2D eigenvalue weighted by atomic mass is 16.2. The van der Waals surface area contributed by atoms with Crippen LogP contribution in [0.3, 0.4) is 0 Å². The first-order valence-electron chi connectivity index (χ1n) is 6.42. The van der Waals surface area contributed by atoms with Gasteiger partial charge in [0, 0.05) is 19.0 Å². The average molecular weight is 235 g/mol. The molecule has 0 saturated heterocycles. The summed E-state index contributed by atoms with van der Waals surface area (Å²) in [6, 6.07) is 0.161. The molecule has 0 aromatic rings. The SMILES string of the molecule is C\C=C/C=C\C=C\[C@@H](C)N(CC)C(=O)CCC. The van der Waals surface area contributed by atoms with Gasteiger partial charge in [0.15, 0.2) is 0 Å². The van der Waals surface area contributed by atoms with Crippen molar-refractivity contribution in [3.05, 3.63) is 36.5 Å². The minimum Gasteiger partial charge on any atom is -0.337 e. The Morgan fingerprint density at radius 3 is 2.35 bits per heavy atom. The molecule has 0 spiro atoms. The standard InChI is InChI=1S/C15H25NO/c1-5-8-9-10-11-13-14(4)16(7-3)15(17)12-6-2/h5,8-11,13-14H,6-7,12H2,1-4H3/b8-5-,10-9-,13-11+/t14-/m1/s1. The van der Waals surface area contributed by atoms with E-state index in [2.05, 4.69) is 13.0 Å². The Kier molecular flexibility index (Phi) is 9.12. The summed E-state index contributed by atoms with van der Waals surface area (Å²) in [4.78, 5) is 13.7. The van der Waals surface area contributed by atoms with Gasteiger partial charge >= 0.3 is 0 Å². The summed E-state index contributed by atoms with van der Waals surface area (Å²) in [6.07, 6.45) is 13.5. The maximum absolute atomic E-state index is 11.8. The average Bonchev–Trinajstić information content (AvgIpc) is 2.30. The molecule has 0 fully saturated rings. The molecule has 0 radical (unpaired) electrons. The van der Waals surface area contributed by atoms with Crippen LogP contribution in [0.5, 0.6) is 0 Å². The zero-order valence-electron chi connectivity index (χ0n) is 11.5. The second-order valence-corrected chi connectivity index (χ2v) is 3.97. The van der Waals surface area contributed by atoms with Crippen LogP contribution in [0.1, 0.15) is 40.5 Å². The monoisotopic (exact) mass is 235 g/mol. The maximum Gasteiger partial charge on any atom is 0.223 e. The molecular weight excluding hydrogens is 210 g/mol. The van der Waals surface area contributed by atoms with Crippen LogP contribution in [0.2, 0.25) is 0 Å². The molecule has 0 unspecified atom stereocenters. The maximum atomic E-state index is 11.8. The summed E-state index contributed by atoms with van der Waals surface area (Å²) in [6.45, 7) is 8.86. The Balaban J connectivity index is 4.34. The van der Waals surface area contributed by atoms with Crippen LogP contribution in [0.4, 0.5) is 0 Å². The Morgan fingerprint density at radius 2 is 1.82 bits per heavy atom. The lowest BCUT2D eigenvalue weighted by Gasteiger charge is -2.25. The zero-order valence-corrected chi connectivity index (χ0v) is 11.5. The van der Waals surface area contributed by atoms with Crippen LogP contribution in [0.15, 0.2) is 36.5 Å². The molecule has 0 bridgehead atoms. The summed E-state index contributed by atoms with van der Waals surface area (Å²) < 4.78 is 0. The van der Waals surface area contributed by atoms with E-state index in [1.54, 1.807) is 0 Å². The topological polar surface area (TPSA) is 20.3 Å². The summed E-state index contributed by atoms with van der Waals surface area (Å²) in [5.41, 5.74) is 0. The van der Waals surface area contributed by atoms with Gasteiger partial charge in [0.25, 0.3) is 0 Å². The van der Waals surface area contributed by atoms with Gasteiger partial charge in [-0.25, -0.2) is 0 Å². The van der Waals surface area contributed by atoms with Crippen LogP contribution >= 0.6 is 0 Å². The van der Waals surface area contributed by atoms with Crippen LogP contribution in [0, 0.1) is 0 Å². The highest BCUT2D eigenvalue weighted by molar-refractivity contribution is 5.76. The van der Waals surface area contributed by atoms with Crippen LogP contribution in [-0.4, -0.2) is 23.4 Å². The number of rotatable bonds is 7. The second-order valence-electron chi connectivity index (χ2n) is 3.97. The molecule has 17 heavy (non-hydrogen) atoms. The first kappa shape index (κ1) is 15.7. The van der Waals surface area contributed by atoms with Crippen LogP contribution in [0.25, 0.3) is 0 Å². The van der Waals surface area contributed by atoms with Gasteiger partial charge in [-0.3, -0.25) is 4.79 Å². The van der Waals surface area contributed by atoms with Gasteiger partial charge in [0.1, 0.15) is 0 Å². The quantitative estimate of drug-likeness (QED) is 0.616. The van der Waals surface area contributed by atoms with E-state index in [0.717, 1.165) is 13.0 Å². The van der Waals surface area contributed by atoms with Gasteiger partial charge in [0.2, 0.25) is 5.91 Å². The number of allylic oxidation sites excluding steroid dienone is 5. The lowest BCUT2D eigenvalue weighted by Crippen LogP contribution is -2.37. The van der Waals surface area contributed by atoms with E-state index in [1.165, 1.54) is 0 Å². The van der Waals surface area contributed by atoms with Gasteiger partial charge in [-0.05, 0) is 27.2 Å². The molecule has 0 aromatic heterocycles. The Morgan fingerprint density at radius 1 is 1.18 bits per heavy atom. The van der Waals surface area contributed by atoms with Crippen LogP contribution in [-0.2, 0) is 4.79 Å². The predicted octanol–water partition coefficient (Wildman–Crippen LogP) is 3.71. The largest absolute Gasteiger partial charge is 0.337 e. The Hall–Kier alpha value is -1.31. The van der Waals surface area contributed by atoms with Crippen molar-refractivity contribution in [3.8, 4) is 0 Å². The van der Waals surface area contributed by atoms with E-state index in [-0.39, 0.29) is 11.9 Å². The van der Waals surface area contributed by atoms with Gasteiger partial charge in [-0.1, -0.05) is 43.4 Å². The lowest BCUT2D eigenvalue weighted by atomic mass is 10.2. The van der Waals surface area contributed by atoms with Gasteiger partial charge in [0.05, 0.1) is 0 Å². The summed E-state index contributed by atoms with van der Waals surface area (Å²) in [5, 5.41) is 0. The predicted molar refractivity (Wildman–Crippen MR) is 74.9 cm³/mol. The molecule has 0 saturated carbocycles. The van der Waals surface area contributed by atoms with E-state index >= 15 is 0 Å². The number of carbonyl (C=O) groups excluding carboxylic acids is 1. The highest BCUT2D eigenvalue weighted by Crippen LogP contribution is 2.05. The van der Waals surface area contributed by atoms with E-state index < -0.39 is 0 Å². The van der Waals surface area contributed by atoms with Gasteiger partial charge in [-0.2, -0.15) is 0 Å². The first-order valence-corrected chi connectivity index (χ1v) is 6.42. The van der Waals surface area contributed by atoms with Crippen molar-refractivity contribution < 1.29 is 4.79 Å². The normalized spacial score (nSPS) is 13.9. The minimum absolute atomic E-state index is 0.161. The van der Waals surface area contributed by atoms with Crippen molar-refractivity contribution in [2.75, 3.05) is 6.54 Å². The molecule has 0 aliphatic rings. The molecule has 1 amide bonds. The number of nitrogens with zero attached hydrogens (tertiary/aromatic N) is 1. The molecule has 0 N–H and O–H groups in total. The van der Waals surface area contributed by atoms with Gasteiger partial charge in [-0.15, -0.1) is 0 Å². The van der Waals surface area contributed by atoms with E-state index in [9.17, 15) is 4.79 Å². The number of hydrogen-bond donors (Lipinski definition) is 0. The molecule has 0 aliphatic carbocycles. The van der Waals surface area contributed by atoms with E-state index in [1.807, 2.05) is 56.1 Å². The minimum atomic E-state index is 0.161. The van der Waals surface area contributed by atoms with Crippen molar-refractivity contribution in [2.45, 2.75) is 46.6 Å². The third-order valence-electron chi connectivity index (χ3n) is 2.53. The summed E-state index contributed by atoms with van der Waals surface area (Å²) in [7, 11) is 0. The van der Waals surface area contributed by atoms with Crippen LogP contribution < -0.4 is 0 Å². The van der Waals surface area contributed by atoms with E-state index in [0.29, 0.717) is 6.42 Å².